The summed E-state index contributed by atoms with van der Waals surface area (Å²) in [4.78, 5) is 41.7. The van der Waals surface area contributed by atoms with Crippen LogP contribution in [0.1, 0.15) is 83.9 Å². The average molecular weight is 550 g/mol. The summed E-state index contributed by atoms with van der Waals surface area (Å²) >= 11 is 0. The number of nitrogens with zero attached hydrogens (tertiary/aromatic N) is 1. The zero-order valence-electron chi connectivity index (χ0n) is 24.6. The van der Waals surface area contributed by atoms with Gasteiger partial charge < -0.3 is 25.0 Å². The molecule has 0 saturated carbocycles. The van der Waals surface area contributed by atoms with Crippen LogP contribution in [0.5, 0.6) is 5.75 Å². The number of anilines is 1. The van der Waals surface area contributed by atoms with Crippen molar-refractivity contribution in [3.05, 3.63) is 59.7 Å². The molecular weight excluding hydrogens is 506 g/mol. The van der Waals surface area contributed by atoms with Crippen molar-refractivity contribution in [1.29, 1.82) is 0 Å². The maximum Gasteiger partial charge on any atom is 0.408 e. The van der Waals surface area contributed by atoms with E-state index in [1.54, 1.807) is 83.3 Å². The van der Waals surface area contributed by atoms with Gasteiger partial charge >= 0.3 is 6.09 Å². The minimum absolute atomic E-state index is 0.334. The second-order valence-corrected chi connectivity index (χ2v) is 10.7. The first-order chi connectivity index (χ1) is 19.0. The molecule has 2 atom stereocenters. The van der Waals surface area contributed by atoms with Gasteiger partial charge in [0.05, 0.1) is 7.11 Å². The number of hydrogen-bond acceptors (Lipinski definition) is 5. The third-order valence-electron chi connectivity index (χ3n) is 6.20. The zero-order valence-corrected chi connectivity index (χ0v) is 24.6. The molecule has 216 valence electrons. The Morgan fingerprint density at radius 1 is 0.975 bits per heavy atom. The van der Waals surface area contributed by atoms with Crippen LogP contribution < -0.4 is 15.4 Å². The van der Waals surface area contributed by atoms with E-state index in [1.807, 2.05) is 0 Å². The molecule has 0 bridgehead atoms. The summed E-state index contributed by atoms with van der Waals surface area (Å²) in [5, 5.41) is 5.57. The fraction of sp³-hybridized carbons (Fsp3) is 0.469. The summed E-state index contributed by atoms with van der Waals surface area (Å²) in [7, 11) is 1.57. The zero-order chi connectivity index (χ0) is 29.7. The molecule has 0 aromatic heterocycles. The van der Waals surface area contributed by atoms with Gasteiger partial charge in [-0.25, -0.2) is 4.79 Å². The maximum absolute atomic E-state index is 13.9. The fourth-order valence-electron chi connectivity index (χ4n) is 4.17. The van der Waals surface area contributed by atoms with Crippen LogP contribution in [0.25, 0.3) is 0 Å². The molecule has 2 aromatic rings. The van der Waals surface area contributed by atoms with Gasteiger partial charge in [0.1, 0.15) is 23.4 Å². The van der Waals surface area contributed by atoms with Crippen LogP contribution in [0.15, 0.2) is 48.5 Å². The van der Waals surface area contributed by atoms with Crippen LogP contribution in [0.2, 0.25) is 0 Å². The molecule has 2 N–H and O–H groups in total. The van der Waals surface area contributed by atoms with Crippen LogP contribution in [0.3, 0.4) is 0 Å². The van der Waals surface area contributed by atoms with Gasteiger partial charge in [0.25, 0.3) is 5.91 Å². The fourth-order valence-corrected chi connectivity index (χ4v) is 4.17. The van der Waals surface area contributed by atoms with Crippen LogP contribution in [-0.2, 0) is 14.3 Å². The van der Waals surface area contributed by atoms with Crippen molar-refractivity contribution in [1.82, 2.24) is 10.2 Å². The Hall–Kier alpha value is -3.99. The van der Waals surface area contributed by atoms with Gasteiger partial charge in [0.2, 0.25) is 5.91 Å². The van der Waals surface area contributed by atoms with Gasteiger partial charge in [-0.05, 0) is 76.1 Å². The number of ether oxygens (including phenoxy) is 2. The molecule has 0 spiro atoms. The van der Waals surface area contributed by atoms with Gasteiger partial charge in [-0.2, -0.15) is 0 Å². The SMILES string of the molecule is C#Cc1ccc(C(C(=O)Nc2ccc(OC)cc2)N(CCCCCCC)C(=O)C(C)NC(=O)OC(C)(C)C)cc1. The van der Waals surface area contributed by atoms with E-state index in [0.717, 1.165) is 25.7 Å². The lowest BCUT2D eigenvalue weighted by Crippen LogP contribution is -2.51. The molecule has 0 saturated heterocycles. The minimum atomic E-state index is -0.963. The van der Waals surface area contributed by atoms with Gasteiger partial charge in [-0.1, -0.05) is 50.7 Å². The molecule has 2 rings (SSSR count). The van der Waals surface area contributed by atoms with E-state index >= 15 is 0 Å². The maximum atomic E-state index is 13.9. The standard InChI is InChI=1S/C32H43N3O5/c1-8-10-11-12-13-22-35(30(37)23(3)33-31(38)40-32(4,5)6)28(25-16-14-24(9-2)15-17-25)29(36)34-26-18-20-27(39-7)21-19-26/h2,14-21,23,28H,8,10-13,22H2,1,3-7H3,(H,33,38)(H,34,36). The number of carbonyl (C=O) groups is 3. The molecule has 40 heavy (non-hydrogen) atoms. The van der Waals surface area contributed by atoms with Crippen molar-refractivity contribution >= 4 is 23.6 Å². The predicted octanol–water partition coefficient (Wildman–Crippen LogP) is 6.07. The van der Waals surface area contributed by atoms with Crippen molar-refractivity contribution in [2.75, 3.05) is 19.0 Å². The Morgan fingerprint density at radius 3 is 2.15 bits per heavy atom. The number of unbranched alkanes of at least 4 members (excludes halogenated alkanes) is 4. The Morgan fingerprint density at radius 2 is 1.60 bits per heavy atom. The summed E-state index contributed by atoms with van der Waals surface area (Å²) in [6.45, 7) is 9.32. The first kappa shape index (κ1) is 32.2. The number of carbonyl (C=O) groups excluding carboxylic acids is 3. The lowest BCUT2D eigenvalue weighted by molar-refractivity contribution is -0.140. The average Bonchev–Trinajstić information content (AvgIpc) is 2.91. The third-order valence-corrected chi connectivity index (χ3v) is 6.20. The van der Waals surface area contributed by atoms with E-state index < -0.39 is 29.7 Å². The molecule has 0 heterocycles. The van der Waals surface area contributed by atoms with Crippen LogP contribution >= 0.6 is 0 Å². The molecule has 0 radical (unpaired) electrons. The number of methoxy groups -OCH3 is 1. The van der Waals surface area contributed by atoms with Crippen LogP contribution in [-0.4, -0.2) is 48.1 Å². The molecule has 0 aliphatic heterocycles. The summed E-state index contributed by atoms with van der Waals surface area (Å²) < 4.78 is 10.6. The molecule has 0 fully saturated rings. The van der Waals surface area contributed by atoms with E-state index in [1.165, 1.54) is 4.90 Å². The van der Waals surface area contributed by atoms with Crippen LogP contribution in [0, 0.1) is 12.3 Å². The largest absolute Gasteiger partial charge is 0.497 e. The summed E-state index contributed by atoms with van der Waals surface area (Å²) in [6, 6.07) is 12.1. The first-order valence-corrected chi connectivity index (χ1v) is 13.8. The molecule has 2 unspecified atom stereocenters. The number of terminal acetylenes is 1. The highest BCUT2D eigenvalue weighted by molar-refractivity contribution is 5.99. The second kappa shape index (κ2) is 15.6. The smallest absolute Gasteiger partial charge is 0.408 e. The number of rotatable bonds is 13. The number of hydrogen-bond donors (Lipinski definition) is 2. The molecule has 0 aliphatic carbocycles. The molecule has 3 amide bonds. The topological polar surface area (TPSA) is 97.0 Å². The number of amides is 3. The van der Waals surface area contributed by atoms with Gasteiger partial charge in [-0.3, -0.25) is 9.59 Å². The highest BCUT2D eigenvalue weighted by atomic mass is 16.6. The Bertz CT molecular complexity index is 1150. The van der Waals surface area contributed by atoms with Crippen molar-refractivity contribution in [2.24, 2.45) is 0 Å². The summed E-state index contributed by atoms with van der Waals surface area (Å²) in [5.41, 5.74) is 1.11. The minimum Gasteiger partial charge on any atom is -0.497 e. The van der Waals surface area contributed by atoms with E-state index in [0.29, 0.717) is 35.5 Å². The molecular formula is C32H43N3O5. The van der Waals surface area contributed by atoms with E-state index in [2.05, 4.69) is 23.5 Å². The van der Waals surface area contributed by atoms with Crippen molar-refractivity contribution in [3.63, 3.8) is 0 Å². The van der Waals surface area contributed by atoms with Gasteiger partial charge in [0.15, 0.2) is 0 Å². The highest BCUT2D eigenvalue weighted by Gasteiger charge is 2.34. The van der Waals surface area contributed by atoms with Crippen molar-refractivity contribution in [2.45, 2.75) is 84.4 Å². The van der Waals surface area contributed by atoms with Gasteiger partial charge in [-0.15, -0.1) is 6.42 Å². The van der Waals surface area contributed by atoms with Crippen molar-refractivity contribution in [3.8, 4) is 18.1 Å². The monoisotopic (exact) mass is 549 g/mol. The molecule has 0 aliphatic rings. The van der Waals surface area contributed by atoms with Crippen molar-refractivity contribution < 1.29 is 23.9 Å². The lowest BCUT2D eigenvalue weighted by Gasteiger charge is -2.34. The van der Waals surface area contributed by atoms with E-state index in [9.17, 15) is 14.4 Å². The number of nitrogens with one attached hydrogen (secondary N) is 2. The second-order valence-electron chi connectivity index (χ2n) is 10.7. The molecule has 2 aromatic carbocycles. The van der Waals surface area contributed by atoms with Gasteiger partial charge in [0, 0.05) is 17.8 Å². The summed E-state index contributed by atoms with van der Waals surface area (Å²) in [6.07, 6.45) is 9.69. The normalized spacial score (nSPS) is 12.4. The van der Waals surface area contributed by atoms with E-state index in [4.69, 9.17) is 15.9 Å². The Balaban J connectivity index is 2.42. The highest BCUT2D eigenvalue weighted by Crippen LogP contribution is 2.26. The third kappa shape index (κ3) is 10.3. The predicted molar refractivity (Wildman–Crippen MR) is 158 cm³/mol. The first-order valence-electron chi connectivity index (χ1n) is 13.8. The quantitative estimate of drug-likeness (QED) is 0.234. The molecule has 8 nitrogen and oxygen atoms in total. The number of benzene rings is 2. The molecule has 8 heteroatoms. The van der Waals surface area contributed by atoms with E-state index in [-0.39, 0.29) is 5.91 Å². The lowest BCUT2D eigenvalue weighted by atomic mass is 10.0. The summed E-state index contributed by atoms with van der Waals surface area (Å²) in [5.74, 6) is 2.46. The van der Waals surface area contributed by atoms with Crippen LogP contribution in [0.4, 0.5) is 10.5 Å². The number of alkyl carbamates (subject to hydrolysis) is 1. The Labute approximate surface area is 238 Å². The Kier molecular flexibility index (Phi) is 12.5.